The van der Waals surface area contributed by atoms with Crippen LogP contribution in [0.25, 0.3) is 10.8 Å². The Morgan fingerprint density at radius 2 is 1.89 bits per heavy atom. The highest BCUT2D eigenvalue weighted by molar-refractivity contribution is 7.99. The molecule has 0 spiro atoms. The second kappa shape index (κ2) is 10.7. The first kappa shape index (κ1) is 25.0. The minimum absolute atomic E-state index is 0.00708. The molecule has 4 heterocycles. The fraction of sp³-hybridized carbons (Fsp3) is 0.462. The van der Waals surface area contributed by atoms with E-state index in [1.54, 1.807) is 24.5 Å². The summed E-state index contributed by atoms with van der Waals surface area (Å²) >= 11 is 1.87. The molecule has 0 bridgehead atoms. The van der Waals surface area contributed by atoms with Crippen molar-refractivity contribution < 1.29 is 14.3 Å². The molecule has 0 amide bonds. The van der Waals surface area contributed by atoms with Crippen LogP contribution in [0.15, 0.2) is 30.6 Å². The van der Waals surface area contributed by atoms with Gasteiger partial charge in [0, 0.05) is 22.8 Å². The number of rotatable bonds is 5. The quantitative estimate of drug-likeness (QED) is 0.430. The lowest BCUT2D eigenvalue weighted by Crippen LogP contribution is -2.35. The van der Waals surface area contributed by atoms with Gasteiger partial charge in [0.1, 0.15) is 23.8 Å². The van der Waals surface area contributed by atoms with Gasteiger partial charge in [-0.3, -0.25) is 0 Å². The van der Waals surface area contributed by atoms with Gasteiger partial charge >= 0.3 is 5.97 Å². The topological polar surface area (TPSA) is 112 Å². The maximum Gasteiger partial charge on any atom is 0.340 e. The van der Waals surface area contributed by atoms with Crippen LogP contribution in [0, 0.1) is 0 Å². The Kier molecular flexibility index (Phi) is 7.64. The molecule has 1 aliphatic carbocycles. The number of nitrogens with two attached hydrogens (primary N) is 1. The Morgan fingerprint density at radius 1 is 1.14 bits per heavy atom. The molecule has 1 saturated carbocycles. The van der Waals surface area contributed by atoms with Gasteiger partial charge in [-0.1, -0.05) is 27.2 Å². The van der Waals surface area contributed by atoms with Gasteiger partial charge in [0.2, 0.25) is 5.88 Å². The predicted molar refractivity (Wildman–Crippen MR) is 142 cm³/mol. The molecule has 3 aromatic heterocycles. The van der Waals surface area contributed by atoms with E-state index in [0.717, 1.165) is 29.3 Å². The third-order valence-electron chi connectivity index (χ3n) is 6.26. The number of cyclic esters (lactones) is 1. The van der Waals surface area contributed by atoms with E-state index in [4.69, 9.17) is 15.2 Å². The number of esters is 1. The van der Waals surface area contributed by atoms with Crippen LogP contribution in [0.5, 0.6) is 5.88 Å². The molecule has 1 aliphatic heterocycles. The van der Waals surface area contributed by atoms with Crippen LogP contribution >= 0.6 is 11.8 Å². The molecule has 2 atom stereocenters. The summed E-state index contributed by atoms with van der Waals surface area (Å²) in [6, 6.07) is 5.35. The van der Waals surface area contributed by atoms with Crippen LogP contribution in [-0.4, -0.2) is 44.6 Å². The zero-order chi connectivity index (χ0) is 25.1. The number of pyridine rings is 3. The molecule has 0 saturated heterocycles. The van der Waals surface area contributed by atoms with Crippen LogP contribution in [0.2, 0.25) is 0 Å². The summed E-state index contributed by atoms with van der Waals surface area (Å²) in [6.45, 7) is 8.12. The summed E-state index contributed by atoms with van der Waals surface area (Å²) in [5, 5.41) is 5.48. The lowest BCUT2D eigenvalue weighted by Gasteiger charge is -2.33. The predicted octanol–water partition coefficient (Wildman–Crippen LogP) is 5.70. The maximum absolute atomic E-state index is 12.1. The first-order valence-electron chi connectivity index (χ1n) is 12.1. The second-order valence-electron chi connectivity index (χ2n) is 9.06. The summed E-state index contributed by atoms with van der Waals surface area (Å²) in [6.07, 6.45) is 8.73. The molecule has 3 aromatic rings. The zero-order valence-electron chi connectivity index (χ0n) is 20.9. The van der Waals surface area contributed by atoms with Gasteiger partial charge in [0.15, 0.2) is 0 Å². The minimum atomic E-state index is -0.336. The standard InChI is InChI=1S/C23H25N5O3S.C3H8/c1-11-12(2)30-23(29)15-4-5-19(28-21(11)15)27-20-8-16-17(9-25-20)22(26-10-18(16)24)31-13-6-14(7-13)32-3;1-3-2/h4-5,8-14H,6-7,24H2,1-3H3,(H,25,27,28);3H2,1-2H3. The highest BCUT2D eigenvalue weighted by atomic mass is 32.2. The summed E-state index contributed by atoms with van der Waals surface area (Å²) < 4.78 is 11.5. The van der Waals surface area contributed by atoms with Gasteiger partial charge in [0.25, 0.3) is 0 Å². The van der Waals surface area contributed by atoms with Gasteiger partial charge in [-0.2, -0.15) is 11.8 Å². The van der Waals surface area contributed by atoms with Crippen molar-refractivity contribution >= 4 is 45.8 Å². The first-order chi connectivity index (χ1) is 16.8. The number of nitrogens with zero attached hydrogens (tertiary/aromatic N) is 3. The molecule has 35 heavy (non-hydrogen) atoms. The van der Waals surface area contributed by atoms with Gasteiger partial charge in [-0.05, 0) is 44.2 Å². The van der Waals surface area contributed by atoms with E-state index in [-0.39, 0.29) is 24.1 Å². The molecule has 5 rings (SSSR count). The van der Waals surface area contributed by atoms with Crippen molar-refractivity contribution in [3.63, 3.8) is 0 Å². The van der Waals surface area contributed by atoms with E-state index in [1.165, 1.54) is 6.42 Å². The highest BCUT2D eigenvalue weighted by Crippen LogP contribution is 2.36. The van der Waals surface area contributed by atoms with E-state index in [9.17, 15) is 4.79 Å². The Labute approximate surface area is 210 Å². The number of fused-ring (bicyclic) bond motifs is 2. The normalized spacial score (nSPS) is 22.8. The summed E-state index contributed by atoms with van der Waals surface area (Å²) in [7, 11) is 0. The van der Waals surface area contributed by atoms with Crippen molar-refractivity contribution in [2.45, 2.75) is 70.3 Å². The molecule has 0 radical (unpaired) electrons. The molecule has 0 aromatic carbocycles. The number of anilines is 3. The Hall–Kier alpha value is -3.07. The molecule has 9 heteroatoms. The van der Waals surface area contributed by atoms with Crippen LogP contribution in [0.3, 0.4) is 0 Å². The van der Waals surface area contributed by atoms with Crippen LogP contribution in [0.1, 0.15) is 68.9 Å². The number of thioether (sulfide) groups is 1. The van der Waals surface area contributed by atoms with Gasteiger partial charge in [-0.15, -0.1) is 0 Å². The van der Waals surface area contributed by atoms with E-state index in [0.29, 0.717) is 34.0 Å². The van der Waals surface area contributed by atoms with Crippen molar-refractivity contribution in [3.05, 3.63) is 41.9 Å². The van der Waals surface area contributed by atoms with Crippen molar-refractivity contribution in [2.24, 2.45) is 0 Å². The molecule has 8 nitrogen and oxygen atoms in total. The molecule has 186 valence electrons. The minimum Gasteiger partial charge on any atom is -0.474 e. The average molecular weight is 496 g/mol. The first-order valence-corrected chi connectivity index (χ1v) is 13.4. The van der Waals surface area contributed by atoms with Crippen molar-refractivity contribution in [2.75, 3.05) is 17.3 Å². The maximum atomic E-state index is 12.1. The summed E-state index contributed by atoms with van der Waals surface area (Å²) in [4.78, 5) is 25.7. The van der Waals surface area contributed by atoms with Crippen molar-refractivity contribution in [1.29, 1.82) is 0 Å². The number of nitrogen functional groups attached to an aromatic ring is 1. The highest BCUT2D eigenvalue weighted by Gasteiger charge is 2.32. The number of ether oxygens (including phenoxy) is 2. The second-order valence-corrected chi connectivity index (χ2v) is 10.2. The summed E-state index contributed by atoms with van der Waals surface area (Å²) in [5.41, 5.74) is 7.99. The van der Waals surface area contributed by atoms with Crippen LogP contribution in [0.4, 0.5) is 17.3 Å². The smallest absolute Gasteiger partial charge is 0.340 e. The zero-order valence-corrected chi connectivity index (χ0v) is 21.7. The molecule has 2 unspecified atom stereocenters. The SMILES string of the molecule is CCC.CSC1CC(Oc2ncc(N)c3cc(Nc4ccc5c(n4)C(C)C(C)OC5=O)ncc23)C1. The molecule has 3 N–H and O–H groups in total. The number of nitrogens with one attached hydrogen (secondary N) is 1. The fourth-order valence-electron chi connectivity index (χ4n) is 4.01. The van der Waals surface area contributed by atoms with Gasteiger partial charge in [-0.25, -0.2) is 19.7 Å². The number of carbonyl (C=O) groups is 1. The molecular formula is C26H33N5O3S. The third kappa shape index (κ3) is 5.29. The van der Waals surface area contributed by atoms with E-state index < -0.39 is 0 Å². The number of hydrogen-bond donors (Lipinski definition) is 2. The van der Waals surface area contributed by atoms with Crippen molar-refractivity contribution in [1.82, 2.24) is 15.0 Å². The Morgan fingerprint density at radius 3 is 2.60 bits per heavy atom. The van der Waals surface area contributed by atoms with Crippen LogP contribution < -0.4 is 15.8 Å². The molecule has 2 aliphatic rings. The van der Waals surface area contributed by atoms with E-state index in [1.807, 2.05) is 31.7 Å². The van der Waals surface area contributed by atoms with E-state index in [2.05, 4.69) is 40.4 Å². The lowest BCUT2D eigenvalue weighted by molar-refractivity contribution is 0.0235. The number of aromatic nitrogens is 3. The fourth-order valence-corrected chi connectivity index (χ4v) is 4.82. The van der Waals surface area contributed by atoms with Gasteiger partial charge < -0.3 is 20.5 Å². The van der Waals surface area contributed by atoms with Crippen molar-refractivity contribution in [3.8, 4) is 5.88 Å². The monoisotopic (exact) mass is 495 g/mol. The number of hydrogen-bond acceptors (Lipinski definition) is 9. The van der Waals surface area contributed by atoms with Gasteiger partial charge in [0.05, 0.1) is 28.5 Å². The van der Waals surface area contributed by atoms with E-state index >= 15 is 0 Å². The Balaban J connectivity index is 0.000000917. The Bertz CT molecular complexity index is 1220. The summed E-state index contributed by atoms with van der Waals surface area (Å²) in [5.74, 6) is 1.43. The third-order valence-corrected chi connectivity index (χ3v) is 7.31. The molecule has 1 fully saturated rings. The molecular weight excluding hydrogens is 462 g/mol. The average Bonchev–Trinajstić information content (AvgIpc) is 2.81. The largest absolute Gasteiger partial charge is 0.474 e. The van der Waals surface area contributed by atoms with Crippen LogP contribution in [-0.2, 0) is 4.74 Å². The number of carbonyl (C=O) groups excluding carboxylic acids is 1. The lowest BCUT2D eigenvalue weighted by atomic mass is 9.94.